The highest BCUT2D eigenvalue weighted by Crippen LogP contribution is 2.12. The summed E-state index contributed by atoms with van der Waals surface area (Å²) in [6.07, 6.45) is 0.324. The van der Waals surface area contributed by atoms with Crippen LogP contribution >= 0.6 is 0 Å². The van der Waals surface area contributed by atoms with Crippen LogP contribution in [0.5, 0.6) is 0 Å². The SMILES string of the molecule is N#CCc1ccc(C(=O)c2ccc(F)cc2)cc1. The zero-order valence-corrected chi connectivity index (χ0v) is 9.56. The number of rotatable bonds is 3. The Hall–Kier alpha value is -2.47. The molecule has 0 saturated heterocycles. The number of carbonyl (C=O) groups excluding carboxylic acids is 1. The lowest BCUT2D eigenvalue weighted by molar-refractivity contribution is 0.103. The first kappa shape index (κ1) is 12.0. The van der Waals surface area contributed by atoms with Gasteiger partial charge in [-0.2, -0.15) is 5.26 Å². The molecular weight excluding hydrogens is 229 g/mol. The molecule has 0 unspecified atom stereocenters. The molecule has 0 bridgehead atoms. The van der Waals surface area contributed by atoms with Gasteiger partial charge in [-0.3, -0.25) is 4.79 Å². The molecule has 0 saturated carbocycles. The van der Waals surface area contributed by atoms with Crippen LogP contribution < -0.4 is 0 Å². The minimum absolute atomic E-state index is 0.154. The van der Waals surface area contributed by atoms with Crippen LogP contribution in [0.2, 0.25) is 0 Å². The fraction of sp³-hybridized carbons (Fsp3) is 0.0667. The van der Waals surface area contributed by atoms with Gasteiger partial charge in [0.1, 0.15) is 5.82 Å². The standard InChI is InChI=1S/C15H10FNO/c16-14-7-5-13(6-8-14)15(18)12-3-1-11(2-4-12)9-10-17/h1-8H,9H2. The maximum absolute atomic E-state index is 12.7. The lowest BCUT2D eigenvalue weighted by Crippen LogP contribution is -2.01. The maximum Gasteiger partial charge on any atom is 0.193 e. The van der Waals surface area contributed by atoms with Crippen molar-refractivity contribution in [2.45, 2.75) is 6.42 Å². The van der Waals surface area contributed by atoms with Crippen LogP contribution in [0.25, 0.3) is 0 Å². The van der Waals surface area contributed by atoms with Crippen molar-refractivity contribution in [2.24, 2.45) is 0 Å². The molecule has 0 N–H and O–H groups in total. The van der Waals surface area contributed by atoms with E-state index in [1.165, 1.54) is 24.3 Å². The first-order valence-electron chi connectivity index (χ1n) is 5.47. The van der Waals surface area contributed by atoms with Crippen molar-refractivity contribution in [3.05, 3.63) is 71.0 Å². The second-order valence-electron chi connectivity index (χ2n) is 3.87. The van der Waals surface area contributed by atoms with Gasteiger partial charge in [-0.05, 0) is 29.8 Å². The van der Waals surface area contributed by atoms with Gasteiger partial charge in [0.05, 0.1) is 12.5 Å². The second kappa shape index (κ2) is 5.24. The number of ketones is 1. The van der Waals surface area contributed by atoms with Crippen LogP contribution in [0.1, 0.15) is 21.5 Å². The van der Waals surface area contributed by atoms with Crippen molar-refractivity contribution in [2.75, 3.05) is 0 Å². The average molecular weight is 239 g/mol. The van der Waals surface area contributed by atoms with E-state index in [-0.39, 0.29) is 11.6 Å². The summed E-state index contributed by atoms with van der Waals surface area (Å²) in [6.45, 7) is 0. The van der Waals surface area contributed by atoms with E-state index in [2.05, 4.69) is 0 Å². The first-order valence-corrected chi connectivity index (χ1v) is 5.47. The topological polar surface area (TPSA) is 40.9 Å². The smallest absolute Gasteiger partial charge is 0.193 e. The van der Waals surface area contributed by atoms with Crippen molar-refractivity contribution >= 4 is 5.78 Å². The summed E-state index contributed by atoms with van der Waals surface area (Å²) in [4.78, 5) is 12.0. The van der Waals surface area contributed by atoms with Gasteiger partial charge in [-0.1, -0.05) is 24.3 Å². The van der Waals surface area contributed by atoms with Gasteiger partial charge in [0.25, 0.3) is 0 Å². The first-order chi connectivity index (χ1) is 8.70. The van der Waals surface area contributed by atoms with Crippen LogP contribution in [0.3, 0.4) is 0 Å². The summed E-state index contributed by atoms with van der Waals surface area (Å²) in [5, 5.41) is 8.55. The Balaban J connectivity index is 2.24. The largest absolute Gasteiger partial charge is 0.289 e. The van der Waals surface area contributed by atoms with Gasteiger partial charge in [-0.25, -0.2) is 4.39 Å². The summed E-state index contributed by atoms with van der Waals surface area (Å²) in [5.74, 6) is -0.519. The van der Waals surface area contributed by atoms with Crippen molar-refractivity contribution in [3.8, 4) is 6.07 Å². The average Bonchev–Trinajstić information content (AvgIpc) is 2.40. The summed E-state index contributed by atoms with van der Waals surface area (Å²) in [7, 11) is 0. The predicted molar refractivity (Wildman–Crippen MR) is 65.6 cm³/mol. The highest BCUT2D eigenvalue weighted by molar-refractivity contribution is 6.08. The monoisotopic (exact) mass is 239 g/mol. The second-order valence-corrected chi connectivity index (χ2v) is 3.87. The number of carbonyl (C=O) groups is 1. The minimum atomic E-state index is -0.365. The normalized spacial score (nSPS) is 9.78. The Kier molecular flexibility index (Phi) is 3.49. The van der Waals surface area contributed by atoms with Crippen LogP contribution in [-0.4, -0.2) is 5.78 Å². The van der Waals surface area contributed by atoms with E-state index in [1.54, 1.807) is 24.3 Å². The van der Waals surface area contributed by atoms with Crippen molar-refractivity contribution < 1.29 is 9.18 Å². The predicted octanol–water partition coefficient (Wildman–Crippen LogP) is 3.12. The third-order valence-electron chi connectivity index (χ3n) is 2.61. The Labute approximate surface area is 104 Å². The van der Waals surface area contributed by atoms with E-state index in [1.807, 2.05) is 6.07 Å². The molecule has 88 valence electrons. The van der Waals surface area contributed by atoms with Crippen LogP contribution in [0, 0.1) is 17.1 Å². The zero-order chi connectivity index (χ0) is 13.0. The van der Waals surface area contributed by atoms with Gasteiger partial charge in [0.15, 0.2) is 5.78 Å². The summed E-state index contributed by atoms with van der Waals surface area (Å²) >= 11 is 0. The molecule has 0 radical (unpaired) electrons. The number of hydrogen-bond donors (Lipinski definition) is 0. The van der Waals surface area contributed by atoms with Crippen LogP contribution in [0.15, 0.2) is 48.5 Å². The molecule has 2 aromatic rings. The van der Waals surface area contributed by atoms with Gasteiger partial charge in [0, 0.05) is 11.1 Å². The maximum atomic E-state index is 12.7. The van der Waals surface area contributed by atoms with Crippen molar-refractivity contribution in [3.63, 3.8) is 0 Å². The lowest BCUT2D eigenvalue weighted by Gasteiger charge is -2.02. The highest BCUT2D eigenvalue weighted by Gasteiger charge is 2.08. The van der Waals surface area contributed by atoms with Crippen molar-refractivity contribution in [1.82, 2.24) is 0 Å². The summed E-state index contributed by atoms with van der Waals surface area (Å²) < 4.78 is 12.7. The summed E-state index contributed by atoms with van der Waals surface area (Å²) in [5.41, 5.74) is 1.85. The molecule has 0 aromatic heterocycles. The van der Waals surface area contributed by atoms with Gasteiger partial charge >= 0.3 is 0 Å². The van der Waals surface area contributed by atoms with E-state index < -0.39 is 0 Å². The fourth-order valence-electron chi connectivity index (χ4n) is 1.63. The Morgan fingerprint density at radius 2 is 1.50 bits per heavy atom. The summed E-state index contributed by atoms with van der Waals surface area (Å²) in [6, 6.07) is 14.3. The molecular formula is C15H10FNO. The molecule has 3 heteroatoms. The Bertz CT molecular complexity index is 594. The number of halogens is 1. The number of hydrogen-bond acceptors (Lipinski definition) is 2. The van der Waals surface area contributed by atoms with E-state index in [4.69, 9.17) is 5.26 Å². The number of nitriles is 1. The van der Waals surface area contributed by atoms with E-state index in [0.717, 1.165) is 5.56 Å². The molecule has 0 amide bonds. The third kappa shape index (κ3) is 2.61. The Morgan fingerprint density at radius 3 is 2.00 bits per heavy atom. The minimum Gasteiger partial charge on any atom is -0.289 e. The quantitative estimate of drug-likeness (QED) is 0.772. The molecule has 0 atom stereocenters. The Morgan fingerprint density at radius 1 is 1.00 bits per heavy atom. The molecule has 18 heavy (non-hydrogen) atoms. The molecule has 0 aliphatic rings. The van der Waals surface area contributed by atoms with Gasteiger partial charge < -0.3 is 0 Å². The highest BCUT2D eigenvalue weighted by atomic mass is 19.1. The molecule has 0 spiro atoms. The van der Waals surface area contributed by atoms with Crippen LogP contribution in [-0.2, 0) is 6.42 Å². The van der Waals surface area contributed by atoms with Crippen LogP contribution in [0.4, 0.5) is 4.39 Å². The zero-order valence-electron chi connectivity index (χ0n) is 9.56. The molecule has 0 aliphatic heterocycles. The molecule has 2 nitrogen and oxygen atoms in total. The third-order valence-corrected chi connectivity index (χ3v) is 2.61. The van der Waals surface area contributed by atoms with Gasteiger partial charge in [-0.15, -0.1) is 0 Å². The fourth-order valence-corrected chi connectivity index (χ4v) is 1.63. The molecule has 2 aromatic carbocycles. The number of nitrogens with zero attached hydrogens (tertiary/aromatic N) is 1. The van der Waals surface area contributed by atoms with Crippen molar-refractivity contribution in [1.29, 1.82) is 5.26 Å². The lowest BCUT2D eigenvalue weighted by atomic mass is 10.0. The molecule has 2 rings (SSSR count). The van der Waals surface area contributed by atoms with E-state index in [0.29, 0.717) is 17.5 Å². The molecule has 0 heterocycles. The van der Waals surface area contributed by atoms with Gasteiger partial charge in [0.2, 0.25) is 0 Å². The molecule has 0 aliphatic carbocycles. The van der Waals surface area contributed by atoms with E-state index >= 15 is 0 Å². The molecule has 0 fully saturated rings. The number of benzene rings is 2. The van der Waals surface area contributed by atoms with E-state index in [9.17, 15) is 9.18 Å².